The Bertz CT molecular complexity index is 1750. The van der Waals surface area contributed by atoms with Gasteiger partial charge in [-0.1, -0.05) is 12.5 Å². The summed E-state index contributed by atoms with van der Waals surface area (Å²) < 4.78 is 16.1. The number of aromatic amines is 2. The predicted octanol–water partition coefficient (Wildman–Crippen LogP) is 5.15. The van der Waals surface area contributed by atoms with Crippen LogP contribution in [0.1, 0.15) is 24.8 Å². The first kappa shape index (κ1) is 22.6. The fourth-order valence-electron chi connectivity index (χ4n) is 5.16. The lowest BCUT2D eigenvalue weighted by Gasteiger charge is -2.26. The Kier molecular flexibility index (Phi) is 5.58. The van der Waals surface area contributed by atoms with Crippen molar-refractivity contribution in [3.63, 3.8) is 0 Å². The number of aromatic nitrogens is 8. The van der Waals surface area contributed by atoms with E-state index in [0.717, 1.165) is 30.7 Å². The maximum atomic E-state index is 16.1. The van der Waals surface area contributed by atoms with Gasteiger partial charge in [-0.15, -0.1) is 0 Å². The standard InChI is InChI=1S/C28H24FN9/c29-23-19(18-12-17(13-30-14-18)16-38-10-4-1-5-11-38)15-33-27-22(23)26(36-37-27)28-34-21-7-9-32-24(25(21)35-28)20-6-2-3-8-31-20/h2-3,6-9,12-15H,1,4-5,10-11,16H2,(H,34,35)(H,33,36,37). The first-order chi connectivity index (χ1) is 18.7. The molecular formula is C28H24FN9. The summed E-state index contributed by atoms with van der Waals surface area (Å²) in [5.41, 5.74) is 5.56. The van der Waals surface area contributed by atoms with Crippen LogP contribution in [0.25, 0.3) is 56.1 Å². The van der Waals surface area contributed by atoms with Gasteiger partial charge < -0.3 is 4.98 Å². The highest BCUT2D eigenvalue weighted by Crippen LogP contribution is 2.34. The molecule has 1 fully saturated rings. The molecule has 1 aliphatic rings. The van der Waals surface area contributed by atoms with Crippen molar-refractivity contribution in [2.24, 2.45) is 0 Å². The molecule has 0 saturated carbocycles. The molecule has 6 aromatic rings. The van der Waals surface area contributed by atoms with Crippen molar-refractivity contribution in [2.45, 2.75) is 25.8 Å². The molecule has 0 unspecified atom stereocenters. The number of hydrogen-bond donors (Lipinski definition) is 2. The van der Waals surface area contributed by atoms with Gasteiger partial charge in [0.2, 0.25) is 0 Å². The summed E-state index contributed by atoms with van der Waals surface area (Å²) in [6.45, 7) is 2.97. The lowest BCUT2D eigenvalue weighted by Crippen LogP contribution is -2.29. The highest BCUT2D eigenvalue weighted by molar-refractivity contribution is 5.96. The maximum Gasteiger partial charge on any atom is 0.159 e. The van der Waals surface area contributed by atoms with E-state index in [4.69, 9.17) is 4.98 Å². The van der Waals surface area contributed by atoms with Crippen LogP contribution in [0.4, 0.5) is 4.39 Å². The third-order valence-electron chi connectivity index (χ3n) is 7.02. The molecule has 7 heterocycles. The summed E-state index contributed by atoms with van der Waals surface area (Å²) in [6.07, 6.45) is 12.2. The number of rotatable bonds is 5. The molecule has 1 saturated heterocycles. The summed E-state index contributed by atoms with van der Waals surface area (Å²) in [5.74, 6) is 0.00505. The number of imidazole rings is 1. The summed E-state index contributed by atoms with van der Waals surface area (Å²) in [4.78, 5) is 28.2. The molecule has 1 aliphatic heterocycles. The molecule has 0 aliphatic carbocycles. The summed E-state index contributed by atoms with van der Waals surface area (Å²) in [7, 11) is 0. The van der Waals surface area contributed by atoms with Gasteiger partial charge in [0.05, 0.1) is 16.6 Å². The molecular weight excluding hydrogens is 481 g/mol. The number of fused-ring (bicyclic) bond motifs is 2. The lowest BCUT2D eigenvalue weighted by molar-refractivity contribution is 0.220. The average Bonchev–Trinajstić information content (AvgIpc) is 3.59. The number of halogens is 1. The van der Waals surface area contributed by atoms with Crippen LogP contribution in [-0.4, -0.2) is 58.1 Å². The summed E-state index contributed by atoms with van der Waals surface area (Å²) in [5, 5.41) is 7.50. The number of piperidine rings is 1. The van der Waals surface area contributed by atoms with Crippen molar-refractivity contribution >= 4 is 22.1 Å². The minimum Gasteiger partial charge on any atom is -0.336 e. The van der Waals surface area contributed by atoms with Gasteiger partial charge in [0.25, 0.3) is 0 Å². The van der Waals surface area contributed by atoms with Crippen LogP contribution in [0.5, 0.6) is 0 Å². The van der Waals surface area contributed by atoms with E-state index in [2.05, 4.69) is 40.0 Å². The number of pyridine rings is 4. The van der Waals surface area contributed by atoms with E-state index >= 15 is 4.39 Å². The molecule has 0 radical (unpaired) electrons. The topological polar surface area (TPSA) is 112 Å². The fourth-order valence-corrected chi connectivity index (χ4v) is 5.16. The Hall–Kier alpha value is -4.57. The fraction of sp³-hybridized carbons (Fsp3) is 0.214. The van der Waals surface area contributed by atoms with E-state index in [1.807, 2.05) is 36.5 Å². The van der Waals surface area contributed by atoms with Crippen molar-refractivity contribution < 1.29 is 4.39 Å². The molecule has 0 amide bonds. The normalized spacial score (nSPS) is 14.4. The Morgan fingerprint density at radius 2 is 1.84 bits per heavy atom. The zero-order chi connectivity index (χ0) is 25.5. The van der Waals surface area contributed by atoms with E-state index < -0.39 is 5.82 Å². The molecule has 0 aromatic carbocycles. The molecule has 10 heteroatoms. The van der Waals surface area contributed by atoms with E-state index in [9.17, 15) is 0 Å². The second kappa shape index (κ2) is 9.38. The van der Waals surface area contributed by atoms with Crippen LogP contribution in [-0.2, 0) is 6.54 Å². The first-order valence-corrected chi connectivity index (χ1v) is 12.7. The predicted molar refractivity (Wildman–Crippen MR) is 142 cm³/mol. The third-order valence-corrected chi connectivity index (χ3v) is 7.02. The van der Waals surface area contributed by atoms with Gasteiger partial charge in [0.1, 0.15) is 22.7 Å². The average molecular weight is 506 g/mol. The first-order valence-electron chi connectivity index (χ1n) is 12.7. The number of nitrogens with zero attached hydrogens (tertiary/aromatic N) is 7. The SMILES string of the molecule is Fc1c(-c2cncc(CN3CCCCC3)c2)cnc2[nH]nc(-c3nc4c(-c5ccccn5)nccc4[nH]3)c12. The zero-order valence-corrected chi connectivity index (χ0v) is 20.5. The molecule has 2 N–H and O–H groups in total. The Labute approximate surface area is 217 Å². The van der Waals surface area contributed by atoms with Gasteiger partial charge in [0.15, 0.2) is 11.5 Å². The highest BCUT2D eigenvalue weighted by Gasteiger charge is 2.22. The van der Waals surface area contributed by atoms with Gasteiger partial charge in [-0.2, -0.15) is 5.10 Å². The van der Waals surface area contributed by atoms with Crippen LogP contribution in [0.15, 0.2) is 61.3 Å². The van der Waals surface area contributed by atoms with Gasteiger partial charge in [0, 0.05) is 48.7 Å². The molecule has 0 bridgehead atoms. The zero-order valence-electron chi connectivity index (χ0n) is 20.5. The largest absolute Gasteiger partial charge is 0.336 e. The number of H-pyrrole nitrogens is 2. The molecule has 0 atom stereocenters. The molecule has 6 aromatic heterocycles. The molecule has 38 heavy (non-hydrogen) atoms. The van der Waals surface area contributed by atoms with Crippen molar-refractivity contribution in [3.8, 4) is 34.0 Å². The van der Waals surface area contributed by atoms with Gasteiger partial charge >= 0.3 is 0 Å². The van der Waals surface area contributed by atoms with Crippen LogP contribution < -0.4 is 0 Å². The van der Waals surface area contributed by atoms with Gasteiger partial charge in [-0.3, -0.25) is 25.0 Å². The third kappa shape index (κ3) is 3.99. The Balaban J connectivity index is 1.29. The van der Waals surface area contributed by atoms with E-state index in [1.165, 1.54) is 25.5 Å². The van der Waals surface area contributed by atoms with Gasteiger partial charge in [-0.25, -0.2) is 14.4 Å². The number of hydrogen-bond acceptors (Lipinski definition) is 7. The van der Waals surface area contributed by atoms with E-state index in [0.29, 0.717) is 45.2 Å². The second-order valence-corrected chi connectivity index (χ2v) is 9.56. The van der Waals surface area contributed by atoms with E-state index in [1.54, 1.807) is 18.6 Å². The van der Waals surface area contributed by atoms with Crippen molar-refractivity contribution in [2.75, 3.05) is 13.1 Å². The Morgan fingerprint density at radius 3 is 2.71 bits per heavy atom. The minimum absolute atomic E-state index is 0.273. The smallest absolute Gasteiger partial charge is 0.159 e. The maximum absolute atomic E-state index is 16.1. The number of nitrogens with one attached hydrogen (secondary N) is 2. The van der Waals surface area contributed by atoms with Crippen molar-refractivity contribution in [3.05, 3.63) is 72.7 Å². The molecule has 188 valence electrons. The van der Waals surface area contributed by atoms with Gasteiger partial charge in [-0.05, 0) is 55.8 Å². The molecule has 0 spiro atoms. The summed E-state index contributed by atoms with van der Waals surface area (Å²) >= 11 is 0. The summed E-state index contributed by atoms with van der Waals surface area (Å²) in [6, 6.07) is 9.45. The quantitative estimate of drug-likeness (QED) is 0.333. The van der Waals surface area contributed by atoms with Crippen molar-refractivity contribution in [1.29, 1.82) is 0 Å². The second-order valence-electron chi connectivity index (χ2n) is 9.56. The highest BCUT2D eigenvalue weighted by atomic mass is 19.1. The molecule has 7 rings (SSSR count). The monoisotopic (exact) mass is 505 g/mol. The number of likely N-dealkylation sites (tertiary alicyclic amines) is 1. The Morgan fingerprint density at radius 1 is 0.921 bits per heavy atom. The van der Waals surface area contributed by atoms with Crippen molar-refractivity contribution in [1.82, 2.24) is 45.0 Å². The molecule has 9 nitrogen and oxygen atoms in total. The van der Waals surface area contributed by atoms with Crippen LogP contribution in [0.2, 0.25) is 0 Å². The van der Waals surface area contributed by atoms with Crippen LogP contribution >= 0.6 is 0 Å². The lowest BCUT2D eigenvalue weighted by atomic mass is 10.0. The minimum atomic E-state index is -0.417. The van der Waals surface area contributed by atoms with E-state index in [-0.39, 0.29) is 5.39 Å². The van der Waals surface area contributed by atoms with Crippen LogP contribution in [0.3, 0.4) is 0 Å². The van der Waals surface area contributed by atoms with Crippen LogP contribution in [0, 0.1) is 5.82 Å².